The van der Waals surface area contributed by atoms with Crippen LogP contribution >= 0.6 is 0 Å². The predicted molar refractivity (Wildman–Crippen MR) is 39.2 cm³/mol. The van der Waals surface area contributed by atoms with Gasteiger partial charge in [-0.3, -0.25) is 0 Å². The minimum Gasteiger partial charge on any atom is -1.00 e. The molecule has 0 amide bonds. The van der Waals surface area contributed by atoms with Crippen molar-refractivity contribution in [2.45, 2.75) is 0 Å². The molecular weight excluding hydrogens is 188 g/mol. The summed E-state index contributed by atoms with van der Waals surface area (Å²) >= 11 is 0. The maximum Gasteiger partial charge on any atom is 2.00 e. The van der Waals surface area contributed by atoms with E-state index in [9.17, 15) is 0 Å². The van der Waals surface area contributed by atoms with Gasteiger partial charge in [0.1, 0.15) is 0 Å². The van der Waals surface area contributed by atoms with E-state index in [4.69, 9.17) is 0 Å². The third kappa shape index (κ3) is 34.6. The molecule has 1 nitrogen and oxygen atoms in total. The molecule has 0 saturated heterocycles. The summed E-state index contributed by atoms with van der Waals surface area (Å²) in [5.74, 6) is 0. The van der Waals surface area contributed by atoms with E-state index in [-0.39, 0.29) is 66.7 Å². The van der Waals surface area contributed by atoms with Crippen LogP contribution in [0.5, 0.6) is 0 Å². The molecule has 0 rings (SSSR count). The third-order valence-electron chi connectivity index (χ3n) is 0.516. The maximum absolute atomic E-state index is 3.97. The van der Waals surface area contributed by atoms with E-state index < -0.39 is 0 Å². The van der Waals surface area contributed by atoms with Crippen LogP contribution in [0.2, 0.25) is 0 Å². The molecule has 0 atom stereocenters. The SMILES string of the molecule is C=CC[N-]CC=C.[Cl-].[Cl-].[Li+].[Mg+2]. The Hall–Kier alpha value is 1.38. The molecule has 11 heavy (non-hydrogen) atoms. The van der Waals surface area contributed by atoms with E-state index in [0.717, 1.165) is 13.1 Å². The molecule has 0 aromatic carbocycles. The fourth-order valence-corrected chi connectivity index (χ4v) is 0.257. The first-order chi connectivity index (χ1) is 3.41. The van der Waals surface area contributed by atoms with Gasteiger partial charge in [0.25, 0.3) is 0 Å². The first kappa shape index (κ1) is 29.4. The summed E-state index contributed by atoms with van der Waals surface area (Å²) in [6.45, 7) is 8.49. The van der Waals surface area contributed by atoms with Crippen molar-refractivity contribution in [1.82, 2.24) is 0 Å². The molecule has 0 heterocycles. The number of hydrogen-bond donors (Lipinski definition) is 0. The van der Waals surface area contributed by atoms with Gasteiger partial charge in [0.15, 0.2) is 0 Å². The van der Waals surface area contributed by atoms with Crippen LogP contribution in [0.1, 0.15) is 0 Å². The second-order valence-electron chi connectivity index (χ2n) is 1.17. The van der Waals surface area contributed by atoms with E-state index in [1.165, 1.54) is 0 Å². The number of hydrogen-bond acceptors (Lipinski definition) is 0. The molecule has 0 N–H and O–H groups in total. The standard InChI is InChI=1S/C6H10N.2ClH.Li.Mg/c1-3-5-7-6-4-2;;;;/h3-4H,1-2,5-6H2;2*1H;;/q-1;;;+1;+2/p-2. The van der Waals surface area contributed by atoms with Crippen LogP contribution in [-0.2, 0) is 0 Å². The third-order valence-corrected chi connectivity index (χ3v) is 0.516. The van der Waals surface area contributed by atoms with E-state index in [1.807, 2.05) is 0 Å². The molecule has 0 spiro atoms. The van der Waals surface area contributed by atoms with Crippen molar-refractivity contribution in [2.75, 3.05) is 13.1 Å². The molecule has 0 fully saturated rings. The average molecular weight is 198 g/mol. The Labute approximate surface area is 110 Å². The molecule has 0 aromatic rings. The van der Waals surface area contributed by atoms with Crippen molar-refractivity contribution in [3.8, 4) is 0 Å². The second kappa shape index (κ2) is 30.1. The first-order valence-corrected chi connectivity index (χ1v) is 2.27. The van der Waals surface area contributed by atoms with Crippen molar-refractivity contribution in [2.24, 2.45) is 0 Å². The summed E-state index contributed by atoms with van der Waals surface area (Å²) in [4.78, 5) is 0. The zero-order valence-corrected chi connectivity index (χ0v) is 9.82. The van der Waals surface area contributed by atoms with Gasteiger partial charge >= 0.3 is 41.9 Å². The number of rotatable bonds is 4. The Bertz CT molecular complexity index is 65.6. The molecule has 5 heteroatoms. The van der Waals surface area contributed by atoms with Crippen molar-refractivity contribution < 1.29 is 43.7 Å². The Morgan fingerprint density at radius 1 is 1.00 bits per heavy atom. The zero-order valence-electron chi connectivity index (χ0n) is 6.89. The van der Waals surface area contributed by atoms with Crippen LogP contribution in [0.3, 0.4) is 0 Å². The molecule has 0 aromatic heterocycles. The van der Waals surface area contributed by atoms with E-state index in [2.05, 4.69) is 18.5 Å². The summed E-state index contributed by atoms with van der Waals surface area (Å²) < 4.78 is 0. The minimum absolute atomic E-state index is 0. The summed E-state index contributed by atoms with van der Waals surface area (Å²) in [7, 11) is 0. The fraction of sp³-hybridized carbons (Fsp3) is 0.333. The van der Waals surface area contributed by atoms with Crippen LogP contribution < -0.4 is 43.7 Å². The molecule has 0 aliphatic carbocycles. The summed E-state index contributed by atoms with van der Waals surface area (Å²) in [6.07, 6.45) is 3.53. The van der Waals surface area contributed by atoms with E-state index >= 15 is 0 Å². The Morgan fingerprint density at radius 2 is 1.27 bits per heavy atom. The maximum atomic E-state index is 3.97. The quantitative estimate of drug-likeness (QED) is 0.242. The largest absolute Gasteiger partial charge is 2.00 e. The topological polar surface area (TPSA) is 14.1 Å². The molecule has 0 unspecified atom stereocenters. The van der Waals surface area contributed by atoms with E-state index in [0.29, 0.717) is 0 Å². The zero-order chi connectivity index (χ0) is 5.54. The minimum atomic E-state index is 0. The number of halogens is 2. The van der Waals surface area contributed by atoms with Gasteiger partial charge in [-0.1, -0.05) is 0 Å². The molecule has 0 saturated carbocycles. The van der Waals surface area contributed by atoms with Gasteiger partial charge in [0, 0.05) is 0 Å². The van der Waals surface area contributed by atoms with Gasteiger partial charge < -0.3 is 30.1 Å². The Balaban J connectivity index is -0.0000000300. The first-order valence-electron chi connectivity index (χ1n) is 2.27. The van der Waals surface area contributed by atoms with Gasteiger partial charge in [-0.15, -0.1) is 38.4 Å². The predicted octanol–water partition coefficient (Wildman–Crippen LogP) is -7.64. The molecule has 0 radical (unpaired) electrons. The normalized spacial score (nSPS) is 5.09. The monoisotopic (exact) mass is 197 g/mol. The molecular formula is C6H10Cl2LiMgN. The van der Waals surface area contributed by atoms with Gasteiger partial charge in [-0.2, -0.15) is 0 Å². The summed E-state index contributed by atoms with van der Waals surface area (Å²) in [6, 6.07) is 0. The Morgan fingerprint density at radius 3 is 1.45 bits per heavy atom. The van der Waals surface area contributed by atoms with Gasteiger partial charge in [0.2, 0.25) is 0 Å². The van der Waals surface area contributed by atoms with Crippen LogP contribution in [0, 0.1) is 0 Å². The average Bonchev–Trinajstić information content (AvgIpc) is 1.69. The Kier molecular flexibility index (Phi) is 80.6. The van der Waals surface area contributed by atoms with Crippen LogP contribution in [0.25, 0.3) is 5.32 Å². The van der Waals surface area contributed by atoms with Gasteiger partial charge in [-0.05, 0) is 0 Å². The van der Waals surface area contributed by atoms with Crippen LogP contribution in [-0.4, -0.2) is 36.1 Å². The molecule has 0 aliphatic rings. The summed E-state index contributed by atoms with van der Waals surface area (Å²) in [5.41, 5.74) is 0. The van der Waals surface area contributed by atoms with Crippen molar-refractivity contribution in [1.29, 1.82) is 0 Å². The number of nitrogens with zero attached hydrogens (tertiary/aromatic N) is 1. The smallest absolute Gasteiger partial charge is 1.00 e. The fourth-order valence-electron chi connectivity index (χ4n) is 0.257. The van der Waals surface area contributed by atoms with Crippen LogP contribution in [0.4, 0.5) is 0 Å². The van der Waals surface area contributed by atoms with Gasteiger partial charge in [-0.25, -0.2) is 0 Å². The molecule has 0 bridgehead atoms. The second-order valence-corrected chi connectivity index (χ2v) is 1.17. The molecule has 56 valence electrons. The summed E-state index contributed by atoms with van der Waals surface area (Å²) in [5, 5.41) is 3.97. The van der Waals surface area contributed by atoms with Crippen molar-refractivity contribution >= 4 is 23.1 Å². The van der Waals surface area contributed by atoms with Gasteiger partial charge in [0.05, 0.1) is 0 Å². The van der Waals surface area contributed by atoms with Crippen molar-refractivity contribution in [3.63, 3.8) is 0 Å². The van der Waals surface area contributed by atoms with E-state index in [1.54, 1.807) is 12.2 Å². The molecule has 0 aliphatic heterocycles. The van der Waals surface area contributed by atoms with Crippen molar-refractivity contribution in [3.05, 3.63) is 30.6 Å². The van der Waals surface area contributed by atoms with Crippen LogP contribution in [0.15, 0.2) is 25.3 Å².